The van der Waals surface area contributed by atoms with Crippen LogP contribution >= 0.6 is 7.82 Å². The third-order valence-corrected chi connectivity index (χ3v) is 7.90. The molecule has 0 spiro atoms. The molecule has 250 valence electrons. The zero-order valence-corrected chi connectivity index (χ0v) is 27.6. The quantitative estimate of drug-likeness (QED) is 0.0297. The van der Waals surface area contributed by atoms with Gasteiger partial charge < -0.3 is 24.6 Å². The minimum Gasteiger partial charge on any atom is -0.457 e. The molecule has 0 saturated heterocycles. The Morgan fingerprint density at radius 1 is 0.714 bits per heavy atom. The monoisotopic (exact) mass is 622 g/mol. The van der Waals surface area contributed by atoms with Gasteiger partial charge in [0.15, 0.2) is 0 Å². The Morgan fingerprint density at radius 3 is 1.83 bits per heavy atom. The van der Waals surface area contributed by atoms with Crippen LogP contribution in [-0.4, -0.2) is 66.3 Å². The van der Waals surface area contributed by atoms with E-state index in [1.807, 2.05) is 0 Å². The van der Waals surface area contributed by atoms with Crippen molar-refractivity contribution < 1.29 is 43.0 Å². The van der Waals surface area contributed by atoms with Crippen LogP contribution in [0.4, 0.5) is 0 Å². The molecule has 0 heterocycles. The smallest absolute Gasteiger partial charge is 0.457 e. The van der Waals surface area contributed by atoms with Crippen molar-refractivity contribution in [2.24, 2.45) is 0 Å². The molecule has 0 aliphatic heterocycles. The highest BCUT2D eigenvalue weighted by molar-refractivity contribution is 7.47. The number of carbonyl (C=O) groups is 1. The van der Waals surface area contributed by atoms with E-state index in [1.165, 1.54) is 64.2 Å². The first-order valence-corrected chi connectivity index (χ1v) is 18.2. The number of aliphatic hydroxyl groups excluding tert-OH is 2. The largest absolute Gasteiger partial charge is 0.472 e. The van der Waals surface area contributed by atoms with E-state index in [0.29, 0.717) is 6.61 Å². The molecule has 0 aliphatic carbocycles. The molecule has 9 nitrogen and oxygen atoms in total. The summed E-state index contributed by atoms with van der Waals surface area (Å²) in [6.07, 6.45) is 24.6. The maximum Gasteiger partial charge on any atom is 0.472 e. The molecule has 3 N–H and O–H groups in total. The van der Waals surface area contributed by atoms with Gasteiger partial charge in [0.25, 0.3) is 0 Å². The lowest BCUT2D eigenvalue weighted by Gasteiger charge is -2.20. The summed E-state index contributed by atoms with van der Waals surface area (Å²) >= 11 is 0. The van der Waals surface area contributed by atoms with Crippen LogP contribution in [0.3, 0.4) is 0 Å². The second kappa shape index (κ2) is 30.2. The summed E-state index contributed by atoms with van der Waals surface area (Å²) in [5.74, 6) is -0.394. The second-order valence-corrected chi connectivity index (χ2v) is 12.6. The van der Waals surface area contributed by atoms with Crippen LogP contribution < -0.4 is 0 Å². The van der Waals surface area contributed by atoms with E-state index in [-0.39, 0.29) is 19.6 Å². The van der Waals surface area contributed by atoms with E-state index in [0.717, 1.165) is 57.8 Å². The number of aliphatic hydroxyl groups is 2. The minimum absolute atomic E-state index is 0.0496. The van der Waals surface area contributed by atoms with Gasteiger partial charge in [-0.05, 0) is 38.5 Å². The van der Waals surface area contributed by atoms with Gasteiger partial charge >= 0.3 is 13.8 Å². The van der Waals surface area contributed by atoms with Crippen molar-refractivity contribution in [3.8, 4) is 0 Å². The van der Waals surface area contributed by atoms with Crippen molar-refractivity contribution in [1.82, 2.24) is 0 Å². The fourth-order valence-electron chi connectivity index (χ4n) is 4.35. The van der Waals surface area contributed by atoms with E-state index in [1.54, 1.807) is 0 Å². The Kier molecular flexibility index (Phi) is 29.7. The second-order valence-electron chi connectivity index (χ2n) is 11.2. The molecule has 42 heavy (non-hydrogen) atoms. The highest BCUT2D eigenvalue weighted by Gasteiger charge is 2.26. The van der Waals surface area contributed by atoms with E-state index < -0.39 is 39.2 Å². The summed E-state index contributed by atoms with van der Waals surface area (Å²) < 4.78 is 33.0. The van der Waals surface area contributed by atoms with Crippen LogP contribution in [0.25, 0.3) is 0 Å². The number of unbranched alkanes of at least 4 members (excludes halogenated alkanes) is 16. The van der Waals surface area contributed by atoms with Gasteiger partial charge in [0.05, 0.1) is 26.4 Å². The Balaban J connectivity index is 4.30. The fourth-order valence-corrected chi connectivity index (χ4v) is 5.14. The predicted molar refractivity (Wildman–Crippen MR) is 168 cm³/mol. The average Bonchev–Trinajstić information content (AvgIpc) is 2.97. The van der Waals surface area contributed by atoms with Crippen LogP contribution in [0, 0.1) is 0 Å². The topological polar surface area (TPSA) is 132 Å². The van der Waals surface area contributed by atoms with Crippen molar-refractivity contribution in [3.05, 3.63) is 12.2 Å². The molecule has 0 rings (SSSR count). The number of phosphoric acid groups is 1. The molecule has 0 aromatic heterocycles. The Morgan fingerprint density at radius 2 is 1.21 bits per heavy atom. The highest BCUT2D eigenvalue weighted by atomic mass is 31.2. The predicted octanol–water partition coefficient (Wildman–Crippen LogP) is 7.80. The minimum atomic E-state index is -4.50. The molecule has 10 heteroatoms. The molecule has 3 unspecified atom stereocenters. The summed E-state index contributed by atoms with van der Waals surface area (Å²) in [4.78, 5) is 22.3. The third kappa shape index (κ3) is 29.3. The van der Waals surface area contributed by atoms with Gasteiger partial charge in [-0.1, -0.05) is 109 Å². The van der Waals surface area contributed by atoms with Crippen molar-refractivity contribution in [3.63, 3.8) is 0 Å². The lowest BCUT2D eigenvalue weighted by Crippen LogP contribution is -2.29. The summed E-state index contributed by atoms with van der Waals surface area (Å²) in [7, 11) is -4.50. The number of carbonyl (C=O) groups excluding carboxylic acids is 1. The Labute approximate surface area is 256 Å². The molecule has 0 saturated carbocycles. The van der Waals surface area contributed by atoms with Crippen molar-refractivity contribution in [1.29, 1.82) is 0 Å². The lowest BCUT2D eigenvalue weighted by atomic mass is 10.1. The number of hydrogen-bond acceptors (Lipinski definition) is 8. The zero-order valence-electron chi connectivity index (χ0n) is 26.7. The van der Waals surface area contributed by atoms with E-state index in [9.17, 15) is 19.4 Å². The van der Waals surface area contributed by atoms with Gasteiger partial charge in [0.2, 0.25) is 0 Å². The molecule has 0 radical (unpaired) electrons. The number of esters is 1. The van der Waals surface area contributed by atoms with E-state index >= 15 is 0 Å². The summed E-state index contributed by atoms with van der Waals surface area (Å²) in [6.45, 7) is 3.45. The van der Waals surface area contributed by atoms with Gasteiger partial charge in [0, 0.05) is 13.0 Å². The van der Waals surface area contributed by atoms with Crippen LogP contribution in [-0.2, 0) is 27.9 Å². The number of phosphoric ester groups is 1. The Hall–Kier alpha value is -0.800. The first kappa shape index (κ1) is 41.2. The average molecular weight is 623 g/mol. The van der Waals surface area contributed by atoms with E-state index in [2.05, 4.69) is 26.0 Å². The maximum atomic E-state index is 12.4. The normalized spacial score (nSPS) is 14.7. The Bertz CT molecular complexity index is 674. The van der Waals surface area contributed by atoms with Crippen molar-refractivity contribution >= 4 is 13.8 Å². The fraction of sp³-hybridized carbons (Fsp3) is 0.906. The molecular weight excluding hydrogens is 559 g/mol. The molecule has 0 aliphatic rings. The summed E-state index contributed by atoms with van der Waals surface area (Å²) in [5.41, 5.74) is 0. The lowest BCUT2D eigenvalue weighted by molar-refractivity contribution is -0.154. The molecule has 0 bridgehead atoms. The first-order valence-electron chi connectivity index (χ1n) is 16.7. The number of rotatable bonds is 32. The number of hydrogen-bond donors (Lipinski definition) is 3. The molecule has 3 atom stereocenters. The summed E-state index contributed by atoms with van der Waals surface area (Å²) in [6, 6.07) is 0. The van der Waals surface area contributed by atoms with Crippen LogP contribution in [0.1, 0.15) is 142 Å². The molecule has 0 amide bonds. The molecule has 0 aromatic carbocycles. The van der Waals surface area contributed by atoms with E-state index in [4.69, 9.17) is 23.6 Å². The van der Waals surface area contributed by atoms with Gasteiger partial charge in [0.1, 0.15) is 12.2 Å². The molecule has 0 aromatic rings. The van der Waals surface area contributed by atoms with Gasteiger partial charge in [-0.3, -0.25) is 13.8 Å². The third-order valence-electron chi connectivity index (χ3n) is 6.95. The van der Waals surface area contributed by atoms with Gasteiger partial charge in [-0.15, -0.1) is 0 Å². The molecular formula is C32H63O9P. The standard InChI is InChI=1S/C32H63O9P/c1-3-5-7-9-11-13-14-15-16-18-20-22-24-32(35)41-31(29-40-42(36,37)39-27-30(34)26-33)28-38-25-23-21-19-17-12-10-8-6-4-2/h11,13,30-31,33-34H,3-10,12,14-29H2,1-2H3,(H,36,37)/b13-11-. The SMILES string of the molecule is CCCCC/C=C\CCCCCCCC(=O)OC(COCCCCCCCCCCC)COP(=O)(O)OCC(O)CO. The maximum absolute atomic E-state index is 12.4. The molecule has 0 fully saturated rings. The van der Waals surface area contributed by atoms with Gasteiger partial charge in [-0.2, -0.15) is 0 Å². The number of allylic oxidation sites excluding steroid dienone is 2. The zero-order chi connectivity index (χ0) is 31.2. The first-order chi connectivity index (χ1) is 20.3. The van der Waals surface area contributed by atoms with Crippen LogP contribution in [0.2, 0.25) is 0 Å². The van der Waals surface area contributed by atoms with Crippen LogP contribution in [0.15, 0.2) is 12.2 Å². The summed E-state index contributed by atoms with van der Waals surface area (Å²) in [5, 5.41) is 18.2. The van der Waals surface area contributed by atoms with Crippen LogP contribution in [0.5, 0.6) is 0 Å². The number of ether oxygens (including phenoxy) is 2. The van der Waals surface area contributed by atoms with Crippen molar-refractivity contribution in [2.75, 3.05) is 33.0 Å². The van der Waals surface area contributed by atoms with Gasteiger partial charge in [-0.25, -0.2) is 4.57 Å². The van der Waals surface area contributed by atoms with Crippen molar-refractivity contribution in [2.45, 2.75) is 154 Å². The highest BCUT2D eigenvalue weighted by Crippen LogP contribution is 2.43.